The minimum absolute atomic E-state index is 0.239. The van der Waals surface area contributed by atoms with Crippen LogP contribution in [-0.4, -0.2) is 19.9 Å². The first-order valence-electron chi connectivity index (χ1n) is 10.3. The van der Waals surface area contributed by atoms with Crippen LogP contribution in [0.25, 0.3) is 44.1 Å². The van der Waals surface area contributed by atoms with E-state index in [-0.39, 0.29) is 13.2 Å². The highest BCUT2D eigenvalue weighted by Gasteiger charge is 2.14. The Morgan fingerprint density at radius 1 is 0.562 bits per heavy atom. The molecule has 4 aromatic heterocycles. The van der Waals surface area contributed by atoms with E-state index in [4.69, 9.17) is 18.3 Å². The highest BCUT2D eigenvalue weighted by Crippen LogP contribution is 2.30. The maximum absolute atomic E-state index is 6.01. The predicted octanol–water partition coefficient (Wildman–Crippen LogP) is 4.81. The molecule has 8 nitrogen and oxygen atoms in total. The molecule has 0 atom stereocenters. The number of benzene rings is 2. The molecule has 0 saturated carbocycles. The van der Waals surface area contributed by atoms with Gasteiger partial charge in [0.15, 0.2) is 22.8 Å². The van der Waals surface area contributed by atoms with Crippen molar-refractivity contribution in [1.82, 2.24) is 19.9 Å². The molecule has 5 heterocycles. The summed E-state index contributed by atoms with van der Waals surface area (Å²) >= 11 is 0. The normalized spacial score (nSPS) is 14.8. The number of nitrogens with zero attached hydrogens (tertiary/aromatic N) is 4. The predicted molar refractivity (Wildman–Crippen MR) is 116 cm³/mol. The quantitative estimate of drug-likeness (QED) is 0.343. The van der Waals surface area contributed by atoms with Crippen molar-refractivity contribution in [1.29, 1.82) is 0 Å². The van der Waals surface area contributed by atoms with Crippen molar-refractivity contribution in [3.05, 3.63) is 71.6 Å². The van der Waals surface area contributed by atoms with Crippen molar-refractivity contribution in [2.75, 3.05) is 0 Å². The van der Waals surface area contributed by atoms with Crippen molar-refractivity contribution in [2.45, 2.75) is 26.4 Å². The first-order chi connectivity index (χ1) is 15.8. The zero-order valence-corrected chi connectivity index (χ0v) is 16.9. The zero-order valence-electron chi connectivity index (χ0n) is 16.9. The molecule has 0 fully saturated rings. The van der Waals surface area contributed by atoms with E-state index >= 15 is 0 Å². The molecular formula is C24H16N4O4. The molecular weight excluding hydrogens is 408 g/mol. The van der Waals surface area contributed by atoms with Gasteiger partial charge in [0.25, 0.3) is 0 Å². The molecule has 0 radical (unpaired) electrons. The lowest BCUT2D eigenvalue weighted by molar-refractivity contribution is 0.0969. The molecule has 0 amide bonds. The van der Waals surface area contributed by atoms with Gasteiger partial charge in [-0.3, -0.25) is 0 Å². The van der Waals surface area contributed by atoms with E-state index in [9.17, 15) is 0 Å². The third-order valence-electron chi connectivity index (χ3n) is 5.65. The molecule has 2 aromatic carbocycles. The summed E-state index contributed by atoms with van der Waals surface area (Å²) in [6.07, 6.45) is 3.37. The summed E-state index contributed by atoms with van der Waals surface area (Å²) in [5.41, 5.74) is 6.45. The third-order valence-corrected chi connectivity index (χ3v) is 5.65. The monoisotopic (exact) mass is 424 g/mol. The van der Waals surface area contributed by atoms with Crippen molar-refractivity contribution in [3.63, 3.8) is 0 Å². The lowest BCUT2D eigenvalue weighted by atomic mass is 10.1. The van der Waals surface area contributed by atoms with Crippen LogP contribution >= 0.6 is 0 Å². The van der Waals surface area contributed by atoms with Crippen LogP contribution in [-0.2, 0) is 35.9 Å². The first-order valence-corrected chi connectivity index (χ1v) is 10.3. The van der Waals surface area contributed by atoms with Crippen LogP contribution in [0, 0.1) is 0 Å². The second kappa shape index (κ2) is 6.81. The smallest absolute Gasteiger partial charge is 0.172 e. The second-order valence-corrected chi connectivity index (χ2v) is 7.85. The number of hydrogen-bond donors (Lipinski definition) is 0. The van der Waals surface area contributed by atoms with Crippen molar-refractivity contribution in [2.24, 2.45) is 0 Å². The first kappa shape index (κ1) is 17.8. The van der Waals surface area contributed by atoms with Gasteiger partial charge in [0, 0.05) is 10.8 Å². The Labute approximate surface area is 180 Å². The van der Waals surface area contributed by atoms with Gasteiger partial charge < -0.3 is 18.3 Å². The zero-order chi connectivity index (χ0) is 21.1. The second-order valence-electron chi connectivity index (χ2n) is 7.85. The Hall–Kier alpha value is -3.88. The molecule has 156 valence electrons. The Bertz CT molecular complexity index is 1410. The van der Waals surface area contributed by atoms with Crippen LogP contribution in [0.2, 0.25) is 0 Å². The lowest BCUT2D eigenvalue weighted by Crippen LogP contribution is -2.02. The van der Waals surface area contributed by atoms with E-state index < -0.39 is 0 Å². The number of rotatable bonds is 0. The van der Waals surface area contributed by atoms with Gasteiger partial charge in [-0.05, 0) is 35.4 Å². The van der Waals surface area contributed by atoms with Crippen LogP contribution in [0.1, 0.15) is 22.8 Å². The number of fused-ring (bicyclic) bond motifs is 4. The summed E-state index contributed by atoms with van der Waals surface area (Å²) in [5, 5.41) is 1.87. The lowest BCUT2D eigenvalue weighted by Gasteiger charge is -2.06. The van der Waals surface area contributed by atoms with Gasteiger partial charge in [0.2, 0.25) is 0 Å². The molecule has 0 N–H and O–H groups in total. The van der Waals surface area contributed by atoms with E-state index in [1.807, 2.05) is 24.3 Å². The van der Waals surface area contributed by atoms with Crippen LogP contribution in [0.3, 0.4) is 0 Å². The molecule has 0 saturated heterocycles. The van der Waals surface area contributed by atoms with E-state index in [1.54, 1.807) is 12.4 Å². The van der Waals surface area contributed by atoms with Gasteiger partial charge >= 0.3 is 0 Å². The molecule has 1 aliphatic heterocycles. The summed E-state index contributed by atoms with van der Waals surface area (Å²) in [7, 11) is 0. The highest BCUT2D eigenvalue weighted by atomic mass is 16.5. The maximum atomic E-state index is 6.01. The molecule has 1 aliphatic rings. The Morgan fingerprint density at radius 2 is 1.06 bits per heavy atom. The summed E-state index contributed by atoms with van der Waals surface area (Å²) in [6, 6.07) is 12.0. The number of ether oxygens (including phenoxy) is 2. The minimum Gasteiger partial charge on any atom is -0.453 e. The van der Waals surface area contributed by atoms with Gasteiger partial charge in [-0.1, -0.05) is 12.1 Å². The average molecular weight is 424 g/mol. The molecule has 32 heavy (non-hydrogen) atoms. The Balaban J connectivity index is 1.35. The van der Waals surface area contributed by atoms with Gasteiger partial charge in [0.1, 0.15) is 35.4 Å². The van der Waals surface area contributed by atoms with Crippen LogP contribution in [0.5, 0.6) is 0 Å². The van der Waals surface area contributed by atoms with Gasteiger partial charge in [0.05, 0.1) is 25.6 Å². The summed E-state index contributed by atoms with van der Waals surface area (Å²) in [6.45, 7) is 1.42. The SMILES string of the molecule is c1cc2oc3cnc4nc3c2cc1COCc1ccc2oc3cnc(nc3c2c1)COC4. The fourth-order valence-corrected chi connectivity index (χ4v) is 4.13. The topological polar surface area (TPSA) is 96.3 Å². The molecule has 6 aromatic rings. The van der Waals surface area contributed by atoms with Crippen molar-refractivity contribution in [3.8, 4) is 0 Å². The average Bonchev–Trinajstić information content (AvgIpc) is 3.36. The fraction of sp³-hybridized carbons (Fsp3) is 0.167. The van der Waals surface area contributed by atoms with Crippen LogP contribution in [0.15, 0.2) is 57.6 Å². The Morgan fingerprint density at radius 3 is 1.59 bits per heavy atom. The maximum Gasteiger partial charge on any atom is 0.172 e. The van der Waals surface area contributed by atoms with Gasteiger partial charge in [-0.15, -0.1) is 0 Å². The van der Waals surface area contributed by atoms with Crippen molar-refractivity contribution >= 4 is 44.1 Å². The Kier molecular flexibility index (Phi) is 3.78. The molecule has 0 aliphatic carbocycles. The molecule has 8 bridgehead atoms. The molecule has 0 unspecified atom stereocenters. The van der Waals surface area contributed by atoms with Gasteiger partial charge in [-0.2, -0.15) is 0 Å². The van der Waals surface area contributed by atoms with Crippen LogP contribution in [0.4, 0.5) is 0 Å². The third kappa shape index (κ3) is 2.84. The summed E-state index contributed by atoms with van der Waals surface area (Å²) in [4.78, 5) is 18.1. The minimum atomic E-state index is 0.239. The summed E-state index contributed by atoms with van der Waals surface area (Å²) < 4.78 is 23.6. The van der Waals surface area contributed by atoms with Crippen molar-refractivity contribution < 1.29 is 18.3 Å². The van der Waals surface area contributed by atoms with E-state index in [0.717, 1.165) is 44.1 Å². The number of hydrogen-bond acceptors (Lipinski definition) is 8. The summed E-state index contributed by atoms with van der Waals surface area (Å²) in [5.74, 6) is 1.14. The molecule has 0 spiro atoms. The van der Waals surface area contributed by atoms with Gasteiger partial charge in [-0.25, -0.2) is 19.9 Å². The van der Waals surface area contributed by atoms with E-state index in [2.05, 4.69) is 32.1 Å². The largest absolute Gasteiger partial charge is 0.453 e. The standard InChI is InChI=1S/C24H16N4O4/c1-3-17-15-5-13(1)9-29-10-14-2-4-18-16(6-14)24-20(32-18)8-26-22(28-24)12-30-11-21-25-7-19(31-17)23(15)27-21/h1-8H,9-12H2. The molecule has 8 heteroatoms. The van der Waals surface area contributed by atoms with E-state index in [1.165, 1.54) is 0 Å². The van der Waals surface area contributed by atoms with E-state index in [0.29, 0.717) is 36.0 Å². The fourth-order valence-electron chi connectivity index (χ4n) is 4.13. The number of aromatic nitrogens is 4. The van der Waals surface area contributed by atoms with Crippen LogP contribution < -0.4 is 0 Å². The highest BCUT2D eigenvalue weighted by molar-refractivity contribution is 6.03. The number of furan rings is 2. The molecule has 7 rings (SSSR count).